The van der Waals surface area contributed by atoms with Gasteiger partial charge in [-0.25, -0.2) is 8.42 Å². The fraction of sp³-hybridized carbons (Fsp3) is 0.208. The molecule has 0 saturated heterocycles. The molecule has 0 aliphatic rings. The molecular formula is C24H25BrN2O4S. The number of halogens is 1. The average molecular weight is 517 g/mol. The van der Waals surface area contributed by atoms with Crippen LogP contribution in [0.2, 0.25) is 0 Å². The molecule has 0 radical (unpaired) electrons. The Morgan fingerprint density at radius 1 is 1.00 bits per heavy atom. The van der Waals surface area contributed by atoms with E-state index >= 15 is 0 Å². The van der Waals surface area contributed by atoms with Gasteiger partial charge in [-0.05, 0) is 82.4 Å². The lowest BCUT2D eigenvalue weighted by atomic mass is 9.99. The molecular weight excluding hydrogens is 492 g/mol. The molecule has 0 heterocycles. The summed E-state index contributed by atoms with van der Waals surface area (Å²) in [6, 6.07) is 20.4. The summed E-state index contributed by atoms with van der Waals surface area (Å²) in [5.74, 6) is 0.680. The zero-order chi connectivity index (χ0) is 23.1. The van der Waals surface area contributed by atoms with E-state index in [4.69, 9.17) is 4.74 Å². The van der Waals surface area contributed by atoms with E-state index in [0.29, 0.717) is 23.0 Å². The van der Waals surface area contributed by atoms with E-state index in [0.717, 1.165) is 10.9 Å². The lowest BCUT2D eigenvalue weighted by Gasteiger charge is -2.13. The van der Waals surface area contributed by atoms with Crippen molar-refractivity contribution in [3.05, 3.63) is 82.8 Å². The number of carbonyl (C=O) groups excluding carboxylic acids is 1. The van der Waals surface area contributed by atoms with Crippen molar-refractivity contribution in [1.82, 2.24) is 0 Å². The lowest BCUT2D eigenvalue weighted by Crippen LogP contribution is -2.20. The molecule has 0 aromatic heterocycles. The Kier molecular flexibility index (Phi) is 7.93. The van der Waals surface area contributed by atoms with E-state index in [2.05, 4.69) is 39.8 Å². The van der Waals surface area contributed by atoms with Crippen molar-refractivity contribution in [2.75, 3.05) is 16.6 Å². The van der Waals surface area contributed by atoms with Crippen molar-refractivity contribution in [1.29, 1.82) is 0 Å². The van der Waals surface area contributed by atoms with Crippen LogP contribution in [0.3, 0.4) is 0 Å². The Labute approximate surface area is 197 Å². The predicted molar refractivity (Wildman–Crippen MR) is 131 cm³/mol. The number of anilines is 2. The molecule has 0 aliphatic carbocycles. The third-order valence-electron chi connectivity index (χ3n) is 4.97. The van der Waals surface area contributed by atoms with E-state index in [1.807, 2.05) is 18.2 Å². The Hall–Kier alpha value is -2.84. The first-order valence-corrected chi connectivity index (χ1v) is 12.5. The second-order valence-corrected chi connectivity index (χ2v) is 9.87. The third-order valence-corrected chi connectivity index (χ3v) is 6.99. The number of hydrogen-bond acceptors (Lipinski definition) is 4. The second-order valence-electron chi connectivity index (χ2n) is 7.33. The average Bonchev–Trinajstić information content (AvgIpc) is 2.78. The SMILES string of the molecule is CCC(C)c1ccc(OCC(=O)Nc2ccc(S(=O)(=O)Nc3ccccc3)cc2)c(Br)c1. The number of amides is 1. The normalized spacial score (nSPS) is 12.1. The van der Waals surface area contributed by atoms with Crippen LogP contribution >= 0.6 is 15.9 Å². The van der Waals surface area contributed by atoms with Crippen LogP contribution in [0.25, 0.3) is 0 Å². The van der Waals surface area contributed by atoms with Gasteiger partial charge in [-0.3, -0.25) is 9.52 Å². The molecule has 3 aromatic rings. The maximum Gasteiger partial charge on any atom is 0.262 e. The second kappa shape index (κ2) is 10.7. The van der Waals surface area contributed by atoms with Crippen LogP contribution in [0, 0.1) is 0 Å². The molecule has 0 fully saturated rings. The van der Waals surface area contributed by atoms with Crippen LogP contribution in [0.5, 0.6) is 5.75 Å². The quantitative estimate of drug-likeness (QED) is 0.377. The van der Waals surface area contributed by atoms with Crippen molar-refractivity contribution in [2.45, 2.75) is 31.1 Å². The number of carbonyl (C=O) groups is 1. The first-order valence-electron chi connectivity index (χ1n) is 10.2. The largest absolute Gasteiger partial charge is 0.483 e. The summed E-state index contributed by atoms with van der Waals surface area (Å²) in [6.07, 6.45) is 1.04. The van der Waals surface area contributed by atoms with Crippen molar-refractivity contribution in [3.63, 3.8) is 0 Å². The van der Waals surface area contributed by atoms with Gasteiger partial charge < -0.3 is 10.1 Å². The van der Waals surface area contributed by atoms with Gasteiger partial charge in [-0.2, -0.15) is 0 Å². The van der Waals surface area contributed by atoms with Crippen LogP contribution < -0.4 is 14.8 Å². The number of para-hydroxylation sites is 1. The highest BCUT2D eigenvalue weighted by Gasteiger charge is 2.14. The Bertz CT molecular complexity index is 1170. The summed E-state index contributed by atoms with van der Waals surface area (Å²) in [5, 5.41) is 2.70. The monoisotopic (exact) mass is 516 g/mol. The summed E-state index contributed by atoms with van der Waals surface area (Å²) >= 11 is 3.49. The number of nitrogens with one attached hydrogen (secondary N) is 2. The van der Waals surface area contributed by atoms with Crippen molar-refractivity contribution in [3.8, 4) is 5.75 Å². The molecule has 0 bridgehead atoms. The Morgan fingerprint density at radius 2 is 1.69 bits per heavy atom. The maximum absolute atomic E-state index is 12.5. The van der Waals surface area contributed by atoms with Crippen LogP contribution in [0.1, 0.15) is 31.7 Å². The molecule has 1 amide bonds. The van der Waals surface area contributed by atoms with Gasteiger partial charge in [0.25, 0.3) is 15.9 Å². The van der Waals surface area contributed by atoms with Gasteiger partial charge in [-0.1, -0.05) is 38.1 Å². The molecule has 2 N–H and O–H groups in total. The standard InChI is InChI=1S/C24H25BrN2O4S/c1-3-17(2)18-9-14-23(22(25)15-18)31-16-24(28)26-19-10-12-21(13-11-19)32(29,30)27-20-7-5-4-6-8-20/h4-15,17,27H,3,16H2,1-2H3,(H,26,28). The van der Waals surface area contributed by atoms with Crippen molar-refractivity contribution < 1.29 is 17.9 Å². The highest BCUT2D eigenvalue weighted by Crippen LogP contribution is 2.30. The fourth-order valence-corrected chi connectivity index (χ4v) is 4.52. The summed E-state index contributed by atoms with van der Waals surface area (Å²) in [6.45, 7) is 4.12. The zero-order valence-corrected chi connectivity index (χ0v) is 20.2. The van der Waals surface area contributed by atoms with E-state index in [-0.39, 0.29) is 17.4 Å². The minimum Gasteiger partial charge on any atom is -0.483 e. The van der Waals surface area contributed by atoms with Gasteiger partial charge in [0.05, 0.1) is 9.37 Å². The molecule has 0 aliphatic heterocycles. The molecule has 0 saturated carbocycles. The van der Waals surface area contributed by atoms with Crippen LogP contribution in [0.4, 0.5) is 11.4 Å². The molecule has 1 unspecified atom stereocenters. The number of hydrogen-bond donors (Lipinski definition) is 2. The lowest BCUT2D eigenvalue weighted by molar-refractivity contribution is -0.118. The van der Waals surface area contributed by atoms with E-state index in [9.17, 15) is 13.2 Å². The first kappa shape index (κ1) is 23.8. The summed E-state index contributed by atoms with van der Waals surface area (Å²) in [4.78, 5) is 12.4. The molecule has 32 heavy (non-hydrogen) atoms. The number of rotatable bonds is 9. The van der Waals surface area contributed by atoms with Crippen LogP contribution in [-0.2, 0) is 14.8 Å². The fourth-order valence-electron chi connectivity index (χ4n) is 2.95. The topological polar surface area (TPSA) is 84.5 Å². The van der Waals surface area contributed by atoms with Crippen molar-refractivity contribution in [2.24, 2.45) is 0 Å². The van der Waals surface area contributed by atoms with Gasteiger partial charge in [-0.15, -0.1) is 0 Å². The smallest absolute Gasteiger partial charge is 0.262 e. The minimum absolute atomic E-state index is 0.0981. The number of ether oxygens (including phenoxy) is 1. The summed E-state index contributed by atoms with van der Waals surface area (Å²) in [7, 11) is -3.71. The number of benzene rings is 3. The van der Waals surface area contributed by atoms with Crippen LogP contribution in [-0.4, -0.2) is 20.9 Å². The maximum atomic E-state index is 12.5. The van der Waals surface area contributed by atoms with Gasteiger partial charge in [0.2, 0.25) is 0 Å². The van der Waals surface area contributed by atoms with Crippen molar-refractivity contribution >= 4 is 43.2 Å². The summed E-state index contributed by atoms with van der Waals surface area (Å²) in [5.41, 5.74) is 2.15. The van der Waals surface area contributed by atoms with E-state index in [1.165, 1.54) is 29.8 Å². The molecule has 1 atom stereocenters. The predicted octanol–water partition coefficient (Wildman–Crippen LogP) is 5.78. The molecule has 3 aromatic carbocycles. The molecule has 3 rings (SSSR count). The highest BCUT2D eigenvalue weighted by atomic mass is 79.9. The van der Waals surface area contributed by atoms with E-state index < -0.39 is 10.0 Å². The first-order chi connectivity index (χ1) is 15.3. The van der Waals surface area contributed by atoms with E-state index in [1.54, 1.807) is 30.3 Å². The molecule has 0 spiro atoms. The summed E-state index contributed by atoms with van der Waals surface area (Å²) < 4.78 is 33.9. The van der Waals surface area contributed by atoms with Gasteiger partial charge >= 0.3 is 0 Å². The third kappa shape index (κ3) is 6.34. The van der Waals surface area contributed by atoms with Gasteiger partial charge in [0.1, 0.15) is 5.75 Å². The van der Waals surface area contributed by atoms with Gasteiger partial charge in [0.15, 0.2) is 6.61 Å². The molecule has 6 nitrogen and oxygen atoms in total. The highest BCUT2D eigenvalue weighted by molar-refractivity contribution is 9.10. The Balaban J connectivity index is 1.57. The van der Waals surface area contributed by atoms with Gasteiger partial charge in [0, 0.05) is 11.4 Å². The molecule has 8 heteroatoms. The molecule has 168 valence electrons. The van der Waals surface area contributed by atoms with Crippen LogP contribution in [0.15, 0.2) is 82.2 Å². The minimum atomic E-state index is -3.71. The zero-order valence-electron chi connectivity index (χ0n) is 17.8. The number of sulfonamides is 1. The Morgan fingerprint density at radius 3 is 2.31 bits per heavy atom.